The van der Waals surface area contributed by atoms with Gasteiger partial charge in [0.05, 0.1) is 18.1 Å². The molecule has 0 aliphatic carbocycles. The van der Waals surface area contributed by atoms with Crippen LogP contribution in [0, 0.1) is 10.1 Å². The number of ether oxygens (including phenoxy) is 1. The first-order valence-electron chi connectivity index (χ1n) is 5.39. The second-order valence-corrected chi connectivity index (χ2v) is 4.40. The summed E-state index contributed by atoms with van der Waals surface area (Å²) in [5.41, 5.74) is 0.909. The molecule has 1 aliphatic heterocycles. The van der Waals surface area contributed by atoms with Crippen LogP contribution in [0.2, 0.25) is 5.02 Å². The molecular weight excluding hydrogens is 244 g/mol. The summed E-state index contributed by atoms with van der Waals surface area (Å²) in [5.74, 6) is 0. The summed E-state index contributed by atoms with van der Waals surface area (Å²) in [6, 6.07) is 4.70. The molecule has 0 N–H and O–H groups in total. The Bertz CT molecular complexity index is 419. The predicted octanol–water partition coefficient (Wildman–Crippen LogP) is 2.08. The second-order valence-electron chi connectivity index (χ2n) is 3.96. The number of benzene rings is 1. The van der Waals surface area contributed by atoms with Gasteiger partial charge in [-0.25, -0.2) is 0 Å². The van der Waals surface area contributed by atoms with Gasteiger partial charge in [-0.1, -0.05) is 11.6 Å². The minimum absolute atomic E-state index is 0.0424. The van der Waals surface area contributed by atoms with Gasteiger partial charge in [0.2, 0.25) is 0 Å². The molecule has 1 saturated heterocycles. The van der Waals surface area contributed by atoms with Gasteiger partial charge >= 0.3 is 0 Å². The zero-order valence-corrected chi connectivity index (χ0v) is 10.0. The fraction of sp³-hybridized carbons (Fsp3) is 0.455. The lowest BCUT2D eigenvalue weighted by Gasteiger charge is -2.26. The van der Waals surface area contributed by atoms with E-state index in [1.807, 2.05) is 0 Å². The van der Waals surface area contributed by atoms with E-state index in [-0.39, 0.29) is 5.69 Å². The van der Waals surface area contributed by atoms with Gasteiger partial charge in [0, 0.05) is 36.8 Å². The molecule has 92 valence electrons. The molecule has 0 spiro atoms. The fourth-order valence-corrected chi connectivity index (χ4v) is 2.10. The third-order valence-corrected chi connectivity index (χ3v) is 2.88. The fourth-order valence-electron chi connectivity index (χ4n) is 1.85. The van der Waals surface area contributed by atoms with Gasteiger partial charge in [0.1, 0.15) is 0 Å². The van der Waals surface area contributed by atoms with Crippen molar-refractivity contribution >= 4 is 17.3 Å². The number of morpholine rings is 1. The van der Waals surface area contributed by atoms with E-state index >= 15 is 0 Å². The van der Waals surface area contributed by atoms with Crippen molar-refractivity contribution in [2.45, 2.75) is 6.54 Å². The normalized spacial score (nSPS) is 17.0. The van der Waals surface area contributed by atoms with Gasteiger partial charge < -0.3 is 4.74 Å². The molecule has 6 heteroatoms. The van der Waals surface area contributed by atoms with Crippen LogP contribution in [0.5, 0.6) is 0 Å². The van der Waals surface area contributed by atoms with Crippen LogP contribution in [-0.2, 0) is 11.3 Å². The Morgan fingerprint density at radius 3 is 2.71 bits per heavy atom. The van der Waals surface area contributed by atoms with E-state index < -0.39 is 4.92 Å². The minimum Gasteiger partial charge on any atom is -0.379 e. The Morgan fingerprint density at radius 1 is 1.35 bits per heavy atom. The molecule has 2 rings (SSSR count). The summed E-state index contributed by atoms with van der Waals surface area (Å²) < 4.78 is 5.25. The molecule has 0 aromatic heterocycles. The van der Waals surface area contributed by atoms with Crippen molar-refractivity contribution < 1.29 is 9.66 Å². The molecule has 17 heavy (non-hydrogen) atoms. The molecule has 1 aliphatic rings. The van der Waals surface area contributed by atoms with E-state index in [1.54, 1.807) is 12.1 Å². The highest BCUT2D eigenvalue weighted by Crippen LogP contribution is 2.22. The van der Waals surface area contributed by atoms with Gasteiger partial charge in [0.15, 0.2) is 0 Å². The van der Waals surface area contributed by atoms with Crippen molar-refractivity contribution in [2.75, 3.05) is 26.3 Å². The number of nitrogens with zero attached hydrogens (tertiary/aromatic N) is 2. The summed E-state index contributed by atoms with van der Waals surface area (Å²) in [6.45, 7) is 3.79. The predicted molar refractivity (Wildman–Crippen MR) is 64.2 cm³/mol. The lowest BCUT2D eigenvalue weighted by molar-refractivity contribution is -0.384. The van der Waals surface area contributed by atoms with Gasteiger partial charge in [0.25, 0.3) is 5.69 Å². The van der Waals surface area contributed by atoms with E-state index in [1.165, 1.54) is 6.07 Å². The van der Waals surface area contributed by atoms with Crippen LogP contribution in [0.4, 0.5) is 5.69 Å². The Morgan fingerprint density at radius 2 is 2.06 bits per heavy atom. The zero-order valence-electron chi connectivity index (χ0n) is 9.26. The molecule has 1 aromatic rings. The summed E-state index contributed by atoms with van der Waals surface area (Å²) in [4.78, 5) is 12.5. The van der Waals surface area contributed by atoms with Gasteiger partial charge in [-0.2, -0.15) is 0 Å². The number of hydrogen-bond donors (Lipinski definition) is 0. The first-order chi connectivity index (χ1) is 8.15. The van der Waals surface area contributed by atoms with Crippen LogP contribution in [0.3, 0.4) is 0 Å². The summed E-state index contributed by atoms with van der Waals surface area (Å²) >= 11 is 5.86. The first kappa shape index (κ1) is 12.3. The van der Waals surface area contributed by atoms with Crippen LogP contribution in [0.15, 0.2) is 18.2 Å². The van der Waals surface area contributed by atoms with Crippen molar-refractivity contribution in [1.82, 2.24) is 4.90 Å². The van der Waals surface area contributed by atoms with Crippen molar-refractivity contribution in [2.24, 2.45) is 0 Å². The van der Waals surface area contributed by atoms with Gasteiger partial charge in [-0.3, -0.25) is 15.0 Å². The molecule has 0 amide bonds. The average molecular weight is 257 g/mol. The van der Waals surface area contributed by atoms with E-state index in [9.17, 15) is 10.1 Å². The van der Waals surface area contributed by atoms with Crippen molar-refractivity contribution in [3.8, 4) is 0 Å². The number of nitro benzene ring substituents is 1. The molecule has 0 atom stereocenters. The van der Waals surface area contributed by atoms with Crippen LogP contribution in [-0.4, -0.2) is 36.1 Å². The van der Waals surface area contributed by atoms with Crippen LogP contribution >= 0.6 is 11.6 Å². The van der Waals surface area contributed by atoms with E-state index in [0.29, 0.717) is 24.8 Å². The smallest absolute Gasteiger partial charge is 0.271 e. The van der Waals surface area contributed by atoms with Crippen LogP contribution in [0.1, 0.15) is 5.56 Å². The molecule has 0 radical (unpaired) electrons. The lowest BCUT2D eigenvalue weighted by atomic mass is 10.2. The minimum atomic E-state index is -0.422. The molecular formula is C11H13ClN2O3. The second kappa shape index (κ2) is 5.44. The highest BCUT2D eigenvalue weighted by atomic mass is 35.5. The lowest BCUT2D eigenvalue weighted by Crippen LogP contribution is -2.35. The molecule has 1 aromatic carbocycles. The highest BCUT2D eigenvalue weighted by Gasteiger charge is 2.14. The summed E-state index contributed by atoms with van der Waals surface area (Å²) in [5, 5.41) is 11.1. The Kier molecular flexibility index (Phi) is 3.93. The molecule has 1 heterocycles. The number of hydrogen-bond acceptors (Lipinski definition) is 4. The van der Waals surface area contributed by atoms with Gasteiger partial charge in [-0.05, 0) is 11.6 Å². The molecule has 5 nitrogen and oxygen atoms in total. The molecule has 0 bridgehead atoms. The number of rotatable bonds is 3. The number of non-ortho nitro benzene ring substituents is 1. The van der Waals surface area contributed by atoms with Gasteiger partial charge in [-0.15, -0.1) is 0 Å². The maximum absolute atomic E-state index is 10.7. The van der Waals surface area contributed by atoms with E-state index in [2.05, 4.69) is 4.90 Å². The maximum atomic E-state index is 10.7. The summed E-state index contributed by atoms with van der Waals surface area (Å²) in [6.07, 6.45) is 0. The molecule has 0 unspecified atom stereocenters. The molecule has 0 saturated carbocycles. The van der Waals surface area contributed by atoms with Crippen molar-refractivity contribution in [3.05, 3.63) is 38.9 Å². The highest BCUT2D eigenvalue weighted by molar-refractivity contribution is 6.30. The van der Waals surface area contributed by atoms with Crippen molar-refractivity contribution in [3.63, 3.8) is 0 Å². The third-order valence-electron chi connectivity index (χ3n) is 2.66. The summed E-state index contributed by atoms with van der Waals surface area (Å²) in [7, 11) is 0. The zero-order chi connectivity index (χ0) is 12.3. The maximum Gasteiger partial charge on any atom is 0.271 e. The number of nitro groups is 1. The number of halogens is 1. The quantitative estimate of drug-likeness (QED) is 0.614. The standard InChI is InChI=1S/C11H13ClN2O3/c12-10-5-9(6-11(7-10)14(15)16)8-13-1-3-17-4-2-13/h5-7H,1-4,8H2. The Hall–Kier alpha value is -1.17. The average Bonchev–Trinajstić information content (AvgIpc) is 2.29. The SMILES string of the molecule is O=[N+]([O-])c1cc(Cl)cc(CN2CCOCC2)c1. The van der Waals surface area contributed by atoms with Crippen LogP contribution in [0.25, 0.3) is 0 Å². The largest absolute Gasteiger partial charge is 0.379 e. The Labute approximate surface area is 104 Å². The topological polar surface area (TPSA) is 55.6 Å². The molecule has 1 fully saturated rings. The first-order valence-corrected chi connectivity index (χ1v) is 5.77. The monoisotopic (exact) mass is 256 g/mol. The third kappa shape index (κ3) is 3.39. The van der Waals surface area contributed by atoms with E-state index in [4.69, 9.17) is 16.3 Å². The van der Waals surface area contributed by atoms with Crippen molar-refractivity contribution in [1.29, 1.82) is 0 Å². The van der Waals surface area contributed by atoms with E-state index in [0.717, 1.165) is 18.7 Å². The Balaban J connectivity index is 2.11. The van der Waals surface area contributed by atoms with Crippen LogP contribution < -0.4 is 0 Å².